The van der Waals surface area contributed by atoms with E-state index in [1.54, 1.807) is 18.2 Å². The highest BCUT2D eigenvalue weighted by molar-refractivity contribution is 5.87. The fourth-order valence-corrected chi connectivity index (χ4v) is 2.79. The second-order valence-electron chi connectivity index (χ2n) is 6.15. The predicted molar refractivity (Wildman–Crippen MR) is 96.6 cm³/mol. The lowest BCUT2D eigenvalue weighted by Crippen LogP contribution is -2.59. The van der Waals surface area contributed by atoms with Crippen molar-refractivity contribution in [1.29, 1.82) is 0 Å². The van der Waals surface area contributed by atoms with Gasteiger partial charge >= 0.3 is 11.9 Å². The summed E-state index contributed by atoms with van der Waals surface area (Å²) in [6.07, 6.45) is -3.59. The SMILES string of the molecule is COc1ccc(C=CC(=O)OC2C(C)OC(O)C(OC(C)=O)C2O)cc1OC. The maximum Gasteiger partial charge on any atom is 0.331 e. The number of aliphatic hydroxyl groups excluding tert-OH is 2. The minimum Gasteiger partial charge on any atom is -0.493 e. The van der Waals surface area contributed by atoms with Gasteiger partial charge in [-0.3, -0.25) is 4.79 Å². The van der Waals surface area contributed by atoms with Crippen LogP contribution in [-0.4, -0.2) is 67.1 Å². The van der Waals surface area contributed by atoms with E-state index in [0.717, 1.165) is 6.92 Å². The van der Waals surface area contributed by atoms with Crippen molar-refractivity contribution in [1.82, 2.24) is 0 Å². The van der Waals surface area contributed by atoms with Crippen LogP contribution >= 0.6 is 0 Å². The Morgan fingerprint density at radius 1 is 1.07 bits per heavy atom. The van der Waals surface area contributed by atoms with Crippen molar-refractivity contribution in [3.05, 3.63) is 29.8 Å². The van der Waals surface area contributed by atoms with E-state index in [2.05, 4.69) is 0 Å². The summed E-state index contributed by atoms with van der Waals surface area (Å²) in [6.45, 7) is 2.65. The van der Waals surface area contributed by atoms with Crippen LogP contribution in [0.1, 0.15) is 19.4 Å². The first-order valence-corrected chi connectivity index (χ1v) is 8.56. The van der Waals surface area contributed by atoms with Gasteiger partial charge < -0.3 is 33.9 Å². The minimum absolute atomic E-state index is 0.501. The van der Waals surface area contributed by atoms with E-state index in [-0.39, 0.29) is 0 Å². The van der Waals surface area contributed by atoms with Gasteiger partial charge in [0, 0.05) is 13.0 Å². The Hall–Kier alpha value is -2.62. The largest absolute Gasteiger partial charge is 0.493 e. The molecule has 1 saturated heterocycles. The van der Waals surface area contributed by atoms with Gasteiger partial charge in [0.1, 0.15) is 6.10 Å². The lowest BCUT2D eigenvalue weighted by molar-refractivity contribution is -0.284. The van der Waals surface area contributed by atoms with Gasteiger partial charge in [-0.1, -0.05) is 6.07 Å². The lowest BCUT2D eigenvalue weighted by Gasteiger charge is -2.40. The van der Waals surface area contributed by atoms with Crippen molar-refractivity contribution < 1.29 is 43.5 Å². The zero-order valence-corrected chi connectivity index (χ0v) is 16.0. The first kappa shape index (κ1) is 21.7. The molecule has 0 aliphatic carbocycles. The molecular formula is C19H24O9. The molecule has 1 aliphatic heterocycles. The van der Waals surface area contributed by atoms with E-state index < -0.39 is 42.6 Å². The van der Waals surface area contributed by atoms with Crippen LogP contribution in [0.3, 0.4) is 0 Å². The molecule has 154 valence electrons. The van der Waals surface area contributed by atoms with Crippen LogP contribution in [0.4, 0.5) is 0 Å². The first-order chi connectivity index (χ1) is 13.3. The topological polar surface area (TPSA) is 121 Å². The molecule has 0 saturated carbocycles. The number of carbonyl (C=O) groups excluding carboxylic acids is 2. The zero-order chi connectivity index (χ0) is 20.8. The van der Waals surface area contributed by atoms with Gasteiger partial charge in [0.15, 0.2) is 30.0 Å². The molecule has 1 aromatic carbocycles. The van der Waals surface area contributed by atoms with Crippen LogP contribution in [0.2, 0.25) is 0 Å². The van der Waals surface area contributed by atoms with Crippen molar-refractivity contribution in [2.24, 2.45) is 0 Å². The Morgan fingerprint density at radius 2 is 1.75 bits per heavy atom. The van der Waals surface area contributed by atoms with E-state index in [4.69, 9.17) is 23.7 Å². The molecule has 1 heterocycles. The van der Waals surface area contributed by atoms with Gasteiger partial charge in [-0.05, 0) is 30.7 Å². The molecule has 1 aliphatic rings. The van der Waals surface area contributed by atoms with Crippen molar-refractivity contribution in [2.75, 3.05) is 14.2 Å². The van der Waals surface area contributed by atoms with Crippen LogP contribution in [-0.2, 0) is 23.8 Å². The van der Waals surface area contributed by atoms with Crippen molar-refractivity contribution in [3.8, 4) is 11.5 Å². The first-order valence-electron chi connectivity index (χ1n) is 8.56. The predicted octanol–water partition coefficient (Wildman–Crippen LogP) is 0.658. The van der Waals surface area contributed by atoms with E-state index >= 15 is 0 Å². The number of methoxy groups -OCH3 is 2. The third kappa shape index (κ3) is 5.22. The molecule has 28 heavy (non-hydrogen) atoms. The molecule has 5 atom stereocenters. The van der Waals surface area contributed by atoms with Crippen LogP contribution in [0.25, 0.3) is 6.08 Å². The quantitative estimate of drug-likeness (QED) is 0.527. The van der Waals surface area contributed by atoms with E-state index in [1.807, 2.05) is 0 Å². The molecule has 0 radical (unpaired) electrons. The Morgan fingerprint density at radius 3 is 2.36 bits per heavy atom. The van der Waals surface area contributed by atoms with E-state index in [1.165, 1.54) is 33.3 Å². The molecule has 0 spiro atoms. The van der Waals surface area contributed by atoms with Crippen molar-refractivity contribution in [2.45, 2.75) is 44.6 Å². The molecule has 9 heteroatoms. The molecule has 2 N–H and O–H groups in total. The molecule has 1 aromatic rings. The zero-order valence-electron chi connectivity index (χ0n) is 16.0. The fraction of sp³-hybridized carbons (Fsp3) is 0.474. The van der Waals surface area contributed by atoms with E-state index in [0.29, 0.717) is 17.1 Å². The Bertz CT molecular complexity index is 730. The third-order valence-corrected chi connectivity index (χ3v) is 4.14. The number of hydrogen-bond donors (Lipinski definition) is 2. The van der Waals surface area contributed by atoms with Crippen LogP contribution < -0.4 is 9.47 Å². The summed E-state index contributed by atoms with van der Waals surface area (Å²) in [6, 6.07) is 5.09. The molecule has 9 nitrogen and oxygen atoms in total. The summed E-state index contributed by atoms with van der Waals surface area (Å²) in [5.74, 6) is -0.401. The van der Waals surface area contributed by atoms with Crippen molar-refractivity contribution in [3.63, 3.8) is 0 Å². The van der Waals surface area contributed by atoms with E-state index in [9.17, 15) is 19.8 Å². The summed E-state index contributed by atoms with van der Waals surface area (Å²) in [7, 11) is 3.02. The smallest absolute Gasteiger partial charge is 0.331 e. The van der Waals surface area contributed by atoms with Crippen LogP contribution in [0, 0.1) is 0 Å². The molecule has 2 rings (SSSR count). The molecule has 0 amide bonds. The fourth-order valence-electron chi connectivity index (χ4n) is 2.79. The second kappa shape index (κ2) is 9.54. The molecule has 0 bridgehead atoms. The normalized spacial score (nSPS) is 27.3. The number of esters is 2. The number of rotatable bonds is 6. The number of hydrogen-bond acceptors (Lipinski definition) is 9. The van der Waals surface area contributed by atoms with Gasteiger partial charge in [0.2, 0.25) is 0 Å². The van der Waals surface area contributed by atoms with Gasteiger partial charge in [0.25, 0.3) is 0 Å². The van der Waals surface area contributed by atoms with Gasteiger partial charge in [-0.15, -0.1) is 0 Å². The molecule has 0 aromatic heterocycles. The Balaban J connectivity index is 2.06. The summed E-state index contributed by atoms with van der Waals surface area (Å²) >= 11 is 0. The maximum atomic E-state index is 12.2. The van der Waals surface area contributed by atoms with Crippen LogP contribution in [0.5, 0.6) is 11.5 Å². The second-order valence-corrected chi connectivity index (χ2v) is 6.15. The number of carbonyl (C=O) groups is 2. The minimum atomic E-state index is -1.52. The van der Waals surface area contributed by atoms with Gasteiger partial charge in [-0.2, -0.15) is 0 Å². The molecule has 1 fully saturated rings. The Kier molecular flexibility index (Phi) is 7.38. The van der Waals surface area contributed by atoms with Gasteiger partial charge in [0.05, 0.1) is 20.3 Å². The molecular weight excluding hydrogens is 372 g/mol. The highest BCUT2D eigenvalue weighted by Crippen LogP contribution is 2.28. The van der Waals surface area contributed by atoms with Gasteiger partial charge in [-0.25, -0.2) is 4.79 Å². The van der Waals surface area contributed by atoms with Crippen LogP contribution in [0.15, 0.2) is 24.3 Å². The third-order valence-electron chi connectivity index (χ3n) is 4.14. The van der Waals surface area contributed by atoms with Crippen molar-refractivity contribution >= 4 is 18.0 Å². The highest BCUT2D eigenvalue weighted by Gasteiger charge is 2.46. The monoisotopic (exact) mass is 396 g/mol. The number of ether oxygens (including phenoxy) is 5. The standard InChI is InChI=1S/C19H24O9/c1-10-17(16(22)18(19(23)26-10)27-11(2)20)28-15(21)8-6-12-5-7-13(24-3)14(9-12)25-4/h5-10,16-19,22-23H,1-4H3. The average molecular weight is 396 g/mol. The maximum absolute atomic E-state index is 12.2. The summed E-state index contributed by atoms with van der Waals surface area (Å²) < 4.78 is 25.6. The summed E-state index contributed by atoms with van der Waals surface area (Å²) in [5.41, 5.74) is 0.663. The lowest BCUT2D eigenvalue weighted by atomic mass is 9.99. The highest BCUT2D eigenvalue weighted by atomic mass is 16.7. The summed E-state index contributed by atoms with van der Waals surface area (Å²) in [4.78, 5) is 23.3. The number of benzene rings is 1. The number of aliphatic hydroxyl groups is 2. The summed E-state index contributed by atoms with van der Waals surface area (Å²) in [5, 5.41) is 20.1. The molecule has 5 unspecified atom stereocenters. The Labute approximate surface area is 162 Å². The average Bonchev–Trinajstić information content (AvgIpc) is 2.66.